The van der Waals surface area contributed by atoms with Crippen LogP contribution in [-0.4, -0.2) is 30.4 Å². The second-order valence-corrected chi connectivity index (χ2v) is 5.94. The van der Waals surface area contributed by atoms with Crippen LogP contribution in [0.25, 0.3) is 0 Å². The number of benzene rings is 1. The van der Waals surface area contributed by atoms with Gasteiger partial charge in [-0.2, -0.15) is 0 Å². The zero-order valence-electron chi connectivity index (χ0n) is 13.7. The fourth-order valence-corrected chi connectivity index (χ4v) is 2.65. The number of rotatable bonds is 5. The van der Waals surface area contributed by atoms with Crippen LogP contribution in [-0.2, 0) is 9.59 Å². The highest BCUT2D eigenvalue weighted by molar-refractivity contribution is 6.00. The van der Waals surface area contributed by atoms with Crippen LogP contribution in [0.4, 0.5) is 5.69 Å². The number of carbonyl (C=O) groups excluding carboxylic acids is 2. The van der Waals surface area contributed by atoms with E-state index in [1.165, 1.54) is 0 Å². The summed E-state index contributed by atoms with van der Waals surface area (Å²) in [4.78, 5) is 26.5. The lowest BCUT2D eigenvalue weighted by Gasteiger charge is -2.33. The molecule has 2 amide bonds. The number of nitrogens with two attached hydrogens (primary N) is 1. The van der Waals surface area contributed by atoms with Crippen LogP contribution in [0.5, 0.6) is 0 Å². The predicted molar refractivity (Wildman–Crippen MR) is 94.6 cm³/mol. The van der Waals surface area contributed by atoms with Gasteiger partial charge in [0.1, 0.15) is 6.04 Å². The molecule has 0 aromatic heterocycles. The van der Waals surface area contributed by atoms with Gasteiger partial charge in [-0.05, 0) is 30.9 Å². The van der Waals surface area contributed by atoms with Crippen LogP contribution in [0, 0.1) is 5.92 Å². The molecule has 3 unspecified atom stereocenters. The summed E-state index contributed by atoms with van der Waals surface area (Å²) in [6, 6.07) is 8.51. The average Bonchev–Trinajstić information content (AvgIpc) is 2.56. The van der Waals surface area contributed by atoms with Gasteiger partial charge in [-0.25, -0.2) is 0 Å². The van der Waals surface area contributed by atoms with Crippen LogP contribution in [0.3, 0.4) is 0 Å². The molecule has 1 aromatic rings. The van der Waals surface area contributed by atoms with Gasteiger partial charge in [0.2, 0.25) is 11.8 Å². The highest BCUT2D eigenvalue weighted by Gasteiger charge is 2.32. The largest absolute Gasteiger partial charge is 0.343 e. The first kappa shape index (κ1) is 19.5. The van der Waals surface area contributed by atoms with Crippen molar-refractivity contribution in [3.8, 4) is 0 Å². The van der Waals surface area contributed by atoms with Gasteiger partial charge in [0, 0.05) is 12.2 Å². The van der Waals surface area contributed by atoms with Gasteiger partial charge in [0.15, 0.2) is 0 Å². The SMILES string of the molecule is CCC(C)C(N)C(=O)NC1CCCN(c2ccccc2)C1=O.Cl. The van der Waals surface area contributed by atoms with Gasteiger partial charge >= 0.3 is 0 Å². The molecule has 0 bridgehead atoms. The maximum Gasteiger partial charge on any atom is 0.249 e. The van der Waals surface area contributed by atoms with Gasteiger partial charge in [-0.15, -0.1) is 12.4 Å². The van der Waals surface area contributed by atoms with E-state index < -0.39 is 12.1 Å². The van der Waals surface area contributed by atoms with E-state index in [1.54, 1.807) is 4.90 Å². The Morgan fingerprint density at radius 2 is 2.04 bits per heavy atom. The van der Waals surface area contributed by atoms with Gasteiger partial charge in [0.25, 0.3) is 0 Å². The Labute approximate surface area is 144 Å². The molecule has 0 saturated carbocycles. The lowest BCUT2D eigenvalue weighted by molar-refractivity contribution is -0.129. The van der Waals surface area contributed by atoms with Crippen molar-refractivity contribution in [1.29, 1.82) is 0 Å². The molecule has 0 spiro atoms. The first-order valence-corrected chi connectivity index (χ1v) is 7.97. The number of nitrogens with zero attached hydrogens (tertiary/aromatic N) is 1. The third-order valence-electron chi connectivity index (χ3n) is 4.38. The number of carbonyl (C=O) groups is 2. The summed E-state index contributed by atoms with van der Waals surface area (Å²) < 4.78 is 0. The molecular weight excluding hydrogens is 314 g/mol. The number of hydrogen-bond donors (Lipinski definition) is 2. The molecule has 1 aromatic carbocycles. The lowest BCUT2D eigenvalue weighted by Crippen LogP contribution is -2.56. The smallest absolute Gasteiger partial charge is 0.249 e. The normalized spacial score (nSPS) is 20.4. The number of nitrogens with one attached hydrogen (secondary N) is 1. The lowest BCUT2D eigenvalue weighted by atomic mass is 9.98. The van der Waals surface area contributed by atoms with Crippen molar-refractivity contribution in [1.82, 2.24) is 5.32 Å². The van der Waals surface area contributed by atoms with Gasteiger partial charge in [-0.3, -0.25) is 9.59 Å². The first-order valence-electron chi connectivity index (χ1n) is 7.97. The zero-order chi connectivity index (χ0) is 16.1. The molecule has 1 saturated heterocycles. The summed E-state index contributed by atoms with van der Waals surface area (Å²) in [7, 11) is 0. The van der Waals surface area contributed by atoms with E-state index in [0.29, 0.717) is 13.0 Å². The van der Waals surface area contributed by atoms with E-state index >= 15 is 0 Å². The minimum absolute atomic E-state index is 0. The number of para-hydroxylation sites is 1. The Bertz CT molecular complexity index is 524. The monoisotopic (exact) mass is 339 g/mol. The van der Waals surface area contributed by atoms with Crippen LogP contribution in [0.1, 0.15) is 33.1 Å². The fraction of sp³-hybridized carbons (Fsp3) is 0.529. The maximum atomic E-state index is 12.6. The molecule has 1 aliphatic heterocycles. The van der Waals surface area contributed by atoms with Crippen LogP contribution in [0.2, 0.25) is 0 Å². The second kappa shape index (κ2) is 8.89. The molecule has 2 rings (SSSR count). The molecule has 0 aliphatic carbocycles. The van der Waals surface area contributed by atoms with Crippen LogP contribution < -0.4 is 16.0 Å². The minimum atomic E-state index is -0.565. The standard InChI is InChI=1S/C17H25N3O2.ClH/c1-3-12(2)15(18)16(21)19-14-10-7-11-20(17(14)22)13-8-5-4-6-9-13;/h4-6,8-9,12,14-15H,3,7,10-11,18H2,1-2H3,(H,19,21);1H. The van der Waals surface area contributed by atoms with Crippen LogP contribution in [0.15, 0.2) is 30.3 Å². The minimum Gasteiger partial charge on any atom is -0.343 e. The Balaban J connectivity index is 0.00000264. The van der Waals surface area contributed by atoms with Crippen molar-refractivity contribution in [2.45, 2.75) is 45.2 Å². The predicted octanol–water partition coefficient (Wildman–Crippen LogP) is 2.09. The summed E-state index contributed by atoms with van der Waals surface area (Å²) in [6.45, 7) is 4.64. The number of piperidine rings is 1. The van der Waals surface area contributed by atoms with E-state index in [0.717, 1.165) is 18.5 Å². The first-order chi connectivity index (χ1) is 10.5. The summed E-state index contributed by atoms with van der Waals surface area (Å²) in [5, 5.41) is 2.83. The summed E-state index contributed by atoms with van der Waals surface area (Å²) in [5.41, 5.74) is 6.82. The van der Waals surface area contributed by atoms with Crippen molar-refractivity contribution >= 4 is 29.9 Å². The quantitative estimate of drug-likeness (QED) is 0.862. The summed E-state index contributed by atoms with van der Waals surface area (Å²) >= 11 is 0. The Morgan fingerprint density at radius 1 is 1.39 bits per heavy atom. The molecule has 1 fully saturated rings. The third kappa shape index (κ3) is 4.69. The molecule has 0 radical (unpaired) electrons. The van der Waals surface area contributed by atoms with Crippen molar-refractivity contribution in [3.63, 3.8) is 0 Å². The maximum absolute atomic E-state index is 12.6. The highest BCUT2D eigenvalue weighted by atomic mass is 35.5. The molecule has 5 nitrogen and oxygen atoms in total. The number of anilines is 1. The molecule has 1 aliphatic rings. The number of hydrogen-bond acceptors (Lipinski definition) is 3. The van der Waals surface area contributed by atoms with Crippen molar-refractivity contribution < 1.29 is 9.59 Å². The van der Waals surface area contributed by atoms with E-state index in [-0.39, 0.29) is 30.1 Å². The Hall–Kier alpha value is -1.59. The van der Waals surface area contributed by atoms with E-state index in [1.807, 2.05) is 44.2 Å². The molecule has 23 heavy (non-hydrogen) atoms. The topological polar surface area (TPSA) is 75.4 Å². The molecule has 3 atom stereocenters. The zero-order valence-corrected chi connectivity index (χ0v) is 14.5. The third-order valence-corrected chi connectivity index (χ3v) is 4.38. The Morgan fingerprint density at radius 3 is 2.65 bits per heavy atom. The van der Waals surface area contributed by atoms with Gasteiger partial charge in [0.05, 0.1) is 6.04 Å². The molecule has 128 valence electrons. The average molecular weight is 340 g/mol. The van der Waals surface area contributed by atoms with Crippen molar-refractivity contribution in [2.24, 2.45) is 11.7 Å². The van der Waals surface area contributed by atoms with Gasteiger partial charge < -0.3 is 16.0 Å². The highest BCUT2D eigenvalue weighted by Crippen LogP contribution is 2.21. The fourth-order valence-electron chi connectivity index (χ4n) is 2.65. The van der Waals surface area contributed by atoms with E-state index in [9.17, 15) is 9.59 Å². The number of halogens is 1. The van der Waals surface area contributed by atoms with Crippen LogP contribution >= 0.6 is 12.4 Å². The number of amides is 2. The molecule has 3 N–H and O–H groups in total. The summed E-state index contributed by atoms with van der Waals surface area (Å²) in [6.07, 6.45) is 2.37. The molecule has 1 heterocycles. The Kier molecular flexibility index (Phi) is 7.52. The molecule has 6 heteroatoms. The van der Waals surface area contributed by atoms with E-state index in [2.05, 4.69) is 5.32 Å². The summed E-state index contributed by atoms with van der Waals surface area (Å²) in [5.74, 6) is -0.186. The van der Waals surface area contributed by atoms with Crippen molar-refractivity contribution in [2.75, 3.05) is 11.4 Å². The molecular formula is C17H26ClN3O2. The van der Waals surface area contributed by atoms with Crippen molar-refractivity contribution in [3.05, 3.63) is 30.3 Å². The van der Waals surface area contributed by atoms with Gasteiger partial charge in [-0.1, -0.05) is 38.5 Å². The second-order valence-electron chi connectivity index (χ2n) is 5.94. The van der Waals surface area contributed by atoms with E-state index in [4.69, 9.17) is 5.73 Å².